The number of fused-ring (bicyclic) bond motifs is 1. The molecule has 0 spiro atoms. The summed E-state index contributed by atoms with van der Waals surface area (Å²) in [6.45, 7) is 1.60. The number of nitrogens with one attached hydrogen (secondary N) is 1. The summed E-state index contributed by atoms with van der Waals surface area (Å²) in [4.78, 5) is 2.13. The molecule has 1 aromatic carbocycles. The maximum Gasteiger partial charge on any atom is 0.393 e. The van der Waals surface area contributed by atoms with Gasteiger partial charge in [-0.3, -0.25) is 0 Å². The average Bonchev–Trinajstić information content (AvgIpc) is 2.84. The molecular formula is C17H17F3IN3S. The summed E-state index contributed by atoms with van der Waals surface area (Å²) in [6.07, 6.45) is -4.30. The van der Waals surface area contributed by atoms with Gasteiger partial charge in [0.1, 0.15) is 0 Å². The Hall–Kier alpha value is -1.05. The van der Waals surface area contributed by atoms with Gasteiger partial charge in [-0.1, -0.05) is 12.1 Å². The van der Waals surface area contributed by atoms with Crippen LogP contribution in [0, 0.1) is 20.1 Å². The number of hydrogen-bond acceptors (Lipinski definition) is 4. The molecule has 2 aromatic rings. The van der Waals surface area contributed by atoms with Gasteiger partial charge in [0, 0.05) is 12.6 Å². The second kappa shape index (κ2) is 7.29. The van der Waals surface area contributed by atoms with E-state index in [0.717, 1.165) is 23.4 Å². The zero-order valence-electron chi connectivity index (χ0n) is 13.5. The van der Waals surface area contributed by atoms with E-state index in [1.807, 2.05) is 35.7 Å². The molecule has 8 heteroatoms. The Balaban J connectivity index is 1.93. The summed E-state index contributed by atoms with van der Waals surface area (Å²) in [5.74, 6) is -0.136. The summed E-state index contributed by atoms with van der Waals surface area (Å²) in [5.41, 5.74) is 1.17. The quantitative estimate of drug-likeness (QED) is 0.639. The highest BCUT2D eigenvalue weighted by atomic mass is 127. The molecule has 0 amide bonds. The lowest BCUT2D eigenvalue weighted by atomic mass is 9.93. The molecule has 2 heterocycles. The van der Waals surface area contributed by atoms with Gasteiger partial charge in [0.25, 0.3) is 0 Å². The summed E-state index contributed by atoms with van der Waals surface area (Å²) < 4.78 is 40.1. The van der Waals surface area contributed by atoms with Crippen LogP contribution in [0.3, 0.4) is 0 Å². The summed E-state index contributed by atoms with van der Waals surface area (Å²) >= 11 is 3.36. The van der Waals surface area contributed by atoms with Crippen LogP contribution in [0.5, 0.6) is 0 Å². The van der Waals surface area contributed by atoms with E-state index in [2.05, 4.69) is 16.3 Å². The minimum atomic E-state index is -4.22. The van der Waals surface area contributed by atoms with Crippen LogP contribution >= 0.6 is 33.9 Å². The fourth-order valence-corrected chi connectivity index (χ4v) is 5.40. The van der Waals surface area contributed by atoms with Crippen LogP contribution in [0.2, 0.25) is 0 Å². The van der Waals surface area contributed by atoms with Gasteiger partial charge in [0.05, 0.1) is 31.7 Å². The molecule has 2 unspecified atom stereocenters. The van der Waals surface area contributed by atoms with E-state index < -0.39 is 12.6 Å². The number of hydrogen-bond donors (Lipinski definition) is 1. The van der Waals surface area contributed by atoms with Gasteiger partial charge in [-0.25, -0.2) is 0 Å². The summed E-state index contributed by atoms with van der Waals surface area (Å²) in [7, 11) is 1.99. The molecule has 1 aliphatic heterocycles. The Kier molecular flexibility index (Phi) is 5.46. The molecule has 1 aliphatic rings. The van der Waals surface area contributed by atoms with Gasteiger partial charge in [0.2, 0.25) is 0 Å². The van der Waals surface area contributed by atoms with E-state index in [1.54, 1.807) is 12.1 Å². The van der Waals surface area contributed by atoms with Gasteiger partial charge in [-0.2, -0.15) is 18.4 Å². The fraction of sp³-hybridized carbons (Fsp3) is 0.471. The second-order valence-corrected chi connectivity index (χ2v) is 9.20. The molecule has 25 heavy (non-hydrogen) atoms. The first kappa shape index (κ1) is 18.7. The average molecular weight is 479 g/mol. The molecule has 0 aliphatic carbocycles. The van der Waals surface area contributed by atoms with Crippen molar-refractivity contribution in [3.63, 3.8) is 0 Å². The highest BCUT2D eigenvalue weighted by molar-refractivity contribution is 14.1. The Morgan fingerprint density at radius 2 is 2.20 bits per heavy atom. The highest BCUT2D eigenvalue weighted by Crippen LogP contribution is 2.40. The standard InChI is InChI=1S/C17H17F3IN3S/c1-24-6-5-13(10(8-22)9-24)23-14-4-2-3-11-12(7-17(18,19)20)16(21)25-15(11)14/h2-4,10,13,23H,5-7,9H2,1H3. The number of halogens is 4. The van der Waals surface area contributed by atoms with Crippen molar-refractivity contribution < 1.29 is 13.2 Å². The van der Waals surface area contributed by atoms with Crippen LogP contribution in [0.25, 0.3) is 10.1 Å². The number of thiophene rings is 1. The molecule has 3 nitrogen and oxygen atoms in total. The summed E-state index contributed by atoms with van der Waals surface area (Å²) in [6, 6.07) is 7.78. The summed E-state index contributed by atoms with van der Waals surface area (Å²) in [5, 5.41) is 13.5. The van der Waals surface area contributed by atoms with Crippen molar-refractivity contribution in [2.24, 2.45) is 5.92 Å². The van der Waals surface area contributed by atoms with Crippen LogP contribution in [0.1, 0.15) is 12.0 Å². The Morgan fingerprint density at radius 1 is 1.44 bits per heavy atom. The van der Waals surface area contributed by atoms with Crippen molar-refractivity contribution in [2.45, 2.75) is 25.1 Å². The molecule has 0 saturated carbocycles. The fourth-order valence-electron chi connectivity index (χ4n) is 3.24. The molecule has 3 rings (SSSR count). The molecule has 1 fully saturated rings. The van der Waals surface area contributed by atoms with E-state index in [0.29, 0.717) is 20.4 Å². The Bertz CT molecular complexity index is 812. The van der Waals surface area contributed by atoms with E-state index in [-0.39, 0.29) is 12.0 Å². The Labute approximate surface area is 161 Å². The molecule has 2 atom stereocenters. The number of rotatable bonds is 3. The van der Waals surface area contributed by atoms with E-state index in [1.165, 1.54) is 11.3 Å². The van der Waals surface area contributed by atoms with Gasteiger partial charge in [-0.05, 0) is 59.6 Å². The predicted octanol–water partition coefficient (Wildman–Crippen LogP) is 4.87. The number of benzene rings is 1. The second-order valence-electron chi connectivity index (χ2n) is 6.37. The van der Waals surface area contributed by atoms with Gasteiger partial charge >= 0.3 is 6.18 Å². The normalized spacial score (nSPS) is 22.1. The smallest absolute Gasteiger partial charge is 0.380 e. The maximum absolute atomic E-state index is 12.9. The number of anilines is 1. The molecule has 1 aromatic heterocycles. The van der Waals surface area contributed by atoms with Crippen molar-refractivity contribution in [2.75, 3.05) is 25.5 Å². The first-order valence-electron chi connectivity index (χ1n) is 7.90. The maximum atomic E-state index is 12.9. The molecular weight excluding hydrogens is 462 g/mol. The first-order chi connectivity index (χ1) is 11.8. The van der Waals surface area contributed by atoms with Crippen LogP contribution < -0.4 is 5.32 Å². The minimum absolute atomic E-state index is 0.0117. The number of nitrogens with zero attached hydrogens (tertiary/aromatic N) is 2. The Morgan fingerprint density at radius 3 is 2.88 bits per heavy atom. The molecule has 0 bridgehead atoms. The number of alkyl halides is 3. The lowest BCUT2D eigenvalue weighted by molar-refractivity contribution is -0.127. The van der Waals surface area contributed by atoms with Crippen LogP contribution in [0.15, 0.2) is 18.2 Å². The third kappa shape index (κ3) is 4.20. The number of nitriles is 1. The van der Waals surface area contributed by atoms with Crippen molar-refractivity contribution in [3.05, 3.63) is 26.6 Å². The highest BCUT2D eigenvalue weighted by Gasteiger charge is 2.32. The zero-order valence-corrected chi connectivity index (χ0v) is 16.5. The molecule has 1 N–H and O–H groups in total. The first-order valence-corrected chi connectivity index (χ1v) is 9.79. The van der Waals surface area contributed by atoms with Crippen molar-refractivity contribution >= 4 is 49.7 Å². The predicted molar refractivity (Wildman–Crippen MR) is 103 cm³/mol. The SMILES string of the molecule is CN1CCC(Nc2cccc3c(CC(F)(F)F)c(I)sc23)C(C#N)C1. The van der Waals surface area contributed by atoms with Gasteiger partial charge in [-0.15, -0.1) is 11.3 Å². The molecule has 134 valence electrons. The van der Waals surface area contributed by atoms with Crippen LogP contribution in [0.4, 0.5) is 18.9 Å². The third-order valence-corrected chi connectivity index (χ3v) is 6.85. The lowest BCUT2D eigenvalue weighted by Crippen LogP contribution is -2.44. The van der Waals surface area contributed by atoms with Crippen molar-refractivity contribution in [1.82, 2.24) is 4.90 Å². The lowest BCUT2D eigenvalue weighted by Gasteiger charge is -2.34. The van der Waals surface area contributed by atoms with Gasteiger partial charge < -0.3 is 10.2 Å². The van der Waals surface area contributed by atoms with Crippen LogP contribution in [-0.2, 0) is 6.42 Å². The zero-order chi connectivity index (χ0) is 18.2. The van der Waals surface area contributed by atoms with Crippen molar-refractivity contribution in [1.29, 1.82) is 5.26 Å². The largest absolute Gasteiger partial charge is 0.393 e. The van der Waals surface area contributed by atoms with Crippen molar-refractivity contribution in [3.8, 4) is 6.07 Å². The topological polar surface area (TPSA) is 39.1 Å². The van der Waals surface area contributed by atoms with E-state index >= 15 is 0 Å². The number of piperidine rings is 1. The van der Waals surface area contributed by atoms with E-state index in [4.69, 9.17) is 0 Å². The monoisotopic (exact) mass is 479 g/mol. The van der Waals surface area contributed by atoms with Crippen LogP contribution in [-0.4, -0.2) is 37.3 Å². The van der Waals surface area contributed by atoms with Gasteiger partial charge in [0.15, 0.2) is 0 Å². The molecule has 1 saturated heterocycles. The van der Waals surface area contributed by atoms with E-state index in [9.17, 15) is 18.4 Å². The minimum Gasteiger partial charge on any atom is -0.380 e. The molecule has 0 radical (unpaired) electrons. The third-order valence-electron chi connectivity index (χ3n) is 4.47. The number of likely N-dealkylation sites (tertiary alicyclic amines) is 1.